The zero-order chi connectivity index (χ0) is 21.6. The molecular formula is C24H27N3O4. The summed E-state index contributed by atoms with van der Waals surface area (Å²) in [7, 11) is 0. The first-order valence-electron chi connectivity index (χ1n) is 10.6. The highest BCUT2D eigenvalue weighted by molar-refractivity contribution is 5.89. The average Bonchev–Trinajstić information content (AvgIpc) is 2.78. The first-order valence-corrected chi connectivity index (χ1v) is 10.6. The molecule has 0 aliphatic carbocycles. The number of carbonyl (C=O) groups is 1. The Bertz CT molecular complexity index is 1100. The third-order valence-corrected chi connectivity index (χ3v) is 5.56. The molecule has 1 aliphatic heterocycles. The van der Waals surface area contributed by atoms with E-state index < -0.39 is 0 Å². The molecule has 7 nitrogen and oxygen atoms in total. The van der Waals surface area contributed by atoms with Crippen molar-refractivity contribution in [2.45, 2.75) is 6.92 Å². The fourth-order valence-electron chi connectivity index (χ4n) is 3.78. The minimum Gasteiger partial charge on any atom is -0.484 e. The lowest BCUT2D eigenvalue weighted by atomic mass is 10.2. The van der Waals surface area contributed by atoms with Gasteiger partial charge in [-0.2, -0.15) is 0 Å². The summed E-state index contributed by atoms with van der Waals surface area (Å²) < 4.78 is 10.9. The highest BCUT2D eigenvalue weighted by atomic mass is 16.5. The van der Waals surface area contributed by atoms with Crippen molar-refractivity contribution in [3.8, 4) is 5.75 Å². The standard InChI is InChI=1S/C24H27N3O4/c1-18-6-2-4-8-21(18)30-17-23(28)27-14-12-26(13-15-27)11-10-25-20-16-24(29)31-22-9-5-3-7-19(20)22/h2-9,16,25H,10-15,17H2,1H3. The Labute approximate surface area is 181 Å². The summed E-state index contributed by atoms with van der Waals surface area (Å²) >= 11 is 0. The topological polar surface area (TPSA) is 75.0 Å². The molecule has 31 heavy (non-hydrogen) atoms. The molecule has 162 valence electrons. The summed E-state index contributed by atoms with van der Waals surface area (Å²) in [5.74, 6) is 0.770. The number of ether oxygens (including phenoxy) is 1. The third kappa shape index (κ3) is 5.24. The van der Waals surface area contributed by atoms with Crippen LogP contribution in [0.5, 0.6) is 5.75 Å². The van der Waals surface area contributed by atoms with Crippen molar-refractivity contribution in [3.63, 3.8) is 0 Å². The molecule has 1 aromatic heterocycles. The van der Waals surface area contributed by atoms with Gasteiger partial charge in [0.1, 0.15) is 11.3 Å². The molecule has 4 rings (SSSR count). The molecule has 1 saturated heterocycles. The Kier molecular flexibility index (Phi) is 6.52. The van der Waals surface area contributed by atoms with Crippen molar-refractivity contribution in [2.24, 2.45) is 0 Å². The summed E-state index contributed by atoms with van der Waals surface area (Å²) in [5, 5.41) is 4.25. The van der Waals surface area contributed by atoms with Crippen molar-refractivity contribution >= 4 is 22.6 Å². The lowest BCUT2D eigenvalue weighted by Gasteiger charge is -2.34. The van der Waals surface area contributed by atoms with Gasteiger partial charge in [0.05, 0.1) is 5.69 Å². The highest BCUT2D eigenvalue weighted by Crippen LogP contribution is 2.20. The van der Waals surface area contributed by atoms with Crippen LogP contribution in [0.4, 0.5) is 5.69 Å². The van der Waals surface area contributed by atoms with Gasteiger partial charge < -0.3 is 19.4 Å². The van der Waals surface area contributed by atoms with E-state index in [4.69, 9.17) is 9.15 Å². The molecule has 7 heteroatoms. The van der Waals surface area contributed by atoms with Crippen LogP contribution in [0.3, 0.4) is 0 Å². The van der Waals surface area contributed by atoms with Crippen LogP contribution in [0, 0.1) is 6.92 Å². The van der Waals surface area contributed by atoms with Crippen molar-refractivity contribution in [3.05, 3.63) is 70.6 Å². The third-order valence-electron chi connectivity index (χ3n) is 5.56. The number of nitrogens with zero attached hydrogens (tertiary/aromatic N) is 2. The summed E-state index contributed by atoms with van der Waals surface area (Å²) in [6.07, 6.45) is 0. The predicted molar refractivity (Wildman–Crippen MR) is 121 cm³/mol. The van der Waals surface area contributed by atoms with Gasteiger partial charge in [-0.15, -0.1) is 0 Å². The molecule has 1 fully saturated rings. The molecule has 0 unspecified atom stereocenters. The van der Waals surface area contributed by atoms with Crippen LogP contribution in [0.2, 0.25) is 0 Å². The number of carbonyl (C=O) groups excluding carboxylic acids is 1. The molecule has 1 aliphatic rings. The van der Waals surface area contributed by atoms with E-state index in [0.717, 1.165) is 42.0 Å². The first kappa shape index (κ1) is 20.9. The van der Waals surface area contributed by atoms with Crippen LogP contribution in [-0.2, 0) is 4.79 Å². The van der Waals surface area contributed by atoms with E-state index in [9.17, 15) is 9.59 Å². The maximum atomic E-state index is 12.5. The molecule has 0 saturated carbocycles. The molecule has 0 atom stereocenters. The number of benzene rings is 2. The summed E-state index contributed by atoms with van der Waals surface area (Å²) in [4.78, 5) is 28.4. The van der Waals surface area contributed by atoms with Crippen molar-refractivity contribution in [1.29, 1.82) is 0 Å². The van der Waals surface area contributed by atoms with E-state index in [1.807, 2.05) is 54.3 Å². The maximum absolute atomic E-state index is 12.5. The van der Waals surface area contributed by atoms with Gasteiger partial charge in [0, 0.05) is 50.7 Å². The first-order chi connectivity index (χ1) is 15.1. The quantitative estimate of drug-likeness (QED) is 0.592. The van der Waals surface area contributed by atoms with E-state index >= 15 is 0 Å². The van der Waals surface area contributed by atoms with E-state index in [2.05, 4.69) is 10.2 Å². The molecule has 2 aromatic carbocycles. The van der Waals surface area contributed by atoms with Gasteiger partial charge in [-0.25, -0.2) is 4.79 Å². The number of aryl methyl sites for hydroxylation is 1. The van der Waals surface area contributed by atoms with Crippen molar-refractivity contribution in [1.82, 2.24) is 9.80 Å². The molecule has 1 N–H and O–H groups in total. The molecule has 0 bridgehead atoms. The normalized spacial score (nSPS) is 14.5. The summed E-state index contributed by atoms with van der Waals surface area (Å²) in [6.45, 7) is 6.58. The zero-order valence-corrected chi connectivity index (χ0v) is 17.7. The van der Waals surface area contributed by atoms with Gasteiger partial charge in [-0.05, 0) is 30.7 Å². The zero-order valence-electron chi connectivity index (χ0n) is 17.7. The Morgan fingerprint density at radius 3 is 2.61 bits per heavy atom. The number of anilines is 1. The van der Waals surface area contributed by atoms with Gasteiger partial charge in [0.15, 0.2) is 6.61 Å². The fourth-order valence-corrected chi connectivity index (χ4v) is 3.78. The summed E-state index contributed by atoms with van der Waals surface area (Å²) in [5.41, 5.74) is 2.03. The Hall–Kier alpha value is -3.32. The number of rotatable bonds is 7. The Balaban J connectivity index is 1.22. The average molecular weight is 421 g/mol. The van der Waals surface area contributed by atoms with Gasteiger partial charge in [0.25, 0.3) is 5.91 Å². The minimum atomic E-state index is -0.360. The second-order valence-electron chi connectivity index (χ2n) is 7.68. The fraction of sp³-hybridized carbons (Fsp3) is 0.333. The van der Waals surface area contributed by atoms with Crippen LogP contribution >= 0.6 is 0 Å². The molecule has 2 heterocycles. The van der Waals surface area contributed by atoms with Gasteiger partial charge >= 0.3 is 5.63 Å². The Morgan fingerprint density at radius 1 is 1.06 bits per heavy atom. The van der Waals surface area contributed by atoms with E-state index in [-0.39, 0.29) is 18.1 Å². The van der Waals surface area contributed by atoms with Crippen LogP contribution < -0.4 is 15.7 Å². The van der Waals surface area contributed by atoms with Gasteiger partial charge in [-0.1, -0.05) is 30.3 Å². The molecule has 0 radical (unpaired) electrons. The smallest absolute Gasteiger partial charge is 0.338 e. The van der Waals surface area contributed by atoms with Gasteiger partial charge in [-0.3, -0.25) is 9.69 Å². The lowest BCUT2D eigenvalue weighted by Crippen LogP contribution is -2.50. The largest absolute Gasteiger partial charge is 0.484 e. The number of para-hydroxylation sites is 2. The number of nitrogens with one attached hydrogen (secondary N) is 1. The van der Waals surface area contributed by atoms with Crippen LogP contribution in [0.1, 0.15) is 5.56 Å². The molecular weight excluding hydrogens is 394 g/mol. The molecule has 1 amide bonds. The van der Waals surface area contributed by atoms with Crippen LogP contribution in [0.25, 0.3) is 11.0 Å². The van der Waals surface area contributed by atoms with Crippen molar-refractivity contribution < 1.29 is 13.9 Å². The summed E-state index contributed by atoms with van der Waals surface area (Å²) in [6, 6.07) is 16.7. The second-order valence-corrected chi connectivity index (χ2v) is 7.68. The van der Waals surface area contributed by atoms with E-state index in [0.29, 0.717) is 25.2 Å². The number of hydrogen-bond acceptors (Lipinski definition) is 6. The lowest BCUT2D eigenvalue weighted by molar-refractivity contribution is -0.135. The number of amides is 1. The van der Waals surface area contributed by atoms with E-state index in [1.54, 1.807) is 6.07 Å². The predicted octanol–water partition coefficient (Wildman–Crippen LogP) is 2.74. The number of fused-ring (bicyclic) bond motifs is 1. The van der Waals surface area contributed by atoms with Crippen LogP contribution in [-0.4, -0.2) is 61.6 Å². The Morgan fingerprint density at radius 2 is 1.81 bits per heavy atom. The minimum absolute atomic E-state index is 0.0171. The highest BCUT2D eigenvalue weighted by Gasteiger charge is 2.21. The monoisotopic (exact) mass is 421 g/mol. The van der Waals surface area contributed by atoms with E-state index in [1.165, 1.54) is 6.07 Å². The second kappa shape index (κ2) is 9.66. The molecule has 0 spiro atoms. The van der Waals surface area contributed by atoms with Crippen LogP contribution in [0.15, 0.2) is 63.8 Å². The van der Waals surface area contributed by atoms with Crippen molar-refractivity contribution in [2.75, 3.05) is 51.2 Å². The maximum Gasteiger partial charge on any atom is 0.338 e. The number of hydrogen-bond donors (Lipinski definition) is 1. The molecule has 3 aromatic rings. The SMILES string of the molecule is Cc1ccccc1OCC(=O)N1CCN(CCNc2cc(=O)oc3ccccc23)CC1. The number of piperazine rings is 1. The van der Waals surface area contributed by atoms with Gasteiger partial charge in [0.2, 0.25) is 0 Å².